The van der Waals surface area contributed by atoms with Gasteiger partial charge in [0.1, 0.15) is 16.5 Å². The van der Waals surface area contributed by atoms with E-state index in [1.165, 1.54) is 23.5 Å². The summed E-state index contributed by atoms with van der Waals surface area (Å²) in [6, 6.07) is 8.01. The maximum atomic E-state index is 12.6. The Balaban J connectivity index is 1.42. The molecule has 4 rings (SSSR count). The first kappa shape index (κ1) is 20.7. The van der Waals surface area contributed by atoms with Gasteiger partial charge in [0.2, 0.25) is 0 Å². The number of aromatic nitrogens is 1. The van der Waals surface area contributed by atoms with E-state index in [2.05, 4.69) is 20.0 Å². The molecule has 0 radical (unpaired) electrons. The Bertz CT molecular complexity index is 1150. The van der Waals surface area contributed by atoms with Crippen molar-refractivity contribution in [1.29, 1.82) is 0 Å². The Kier molecular flexibility index (Phi) is 6.26. The molecule has 0 spiro atoms. The maximum Gasteiger partial charge on any atom is 0.275 e. The molecule has 0 atom stereocenters. The van der Waals surface area contributed by atoms with Crippen LogP contribution in [-0.4, -0.2) is 31.7 Å². The molecule has 0 saturated heterocycles. The first-order chi connectivity index (χ1) is 14.5. The van der Waals surface area contributed by atoms with Crippen molar-refractivity contribution >= 4 is 50.1 Å². The third kappa shape index (κ3) is 4.94. The molecule has 2 N–H and O–H groups in total. The number of hydrogen-bond acceptors (Lipinski definition) is 7. The van der Waals surface area contributed by atoms with Crippen molar-refractivity contribution in [2.45, 2.75) is 30.6 Å². The van der Waals surface area contributed by atoms with Crippen LogP contribution in [0, 0.1) is 0 Å². The summed E-state index contributed by atoms with van der Waals surface area (Å²) >= 11 is 2.98. The highest BCUT2D eigenvalue weighted by Crippen LogP contribution is 2.26. The molecule has 0 unspecified atom stereocenters. The van der Waals surface area contributed by atoms with Gasteiger partial charge < -0.3 is 5.32 Å². The highest BCUT2D eigenvalue weighted by Gasteiger charge is 2.18. The molecule has 0 aliphatic carbocycles. The molecule has 0 fully saturated rings. The van der Waals surface area contributed by atoms with Crippen LogP contribution >= 0.6 is 22.7 Å². The number of aliphatic imine (C=N–C) groups is 1. The van der Waals surface area contributed by atoms with E-state index in [1.807, 2.05) is 16.8 Å². The molecule has 156 valence electrons. The molecular weight excluding hydrogens is 440 g/mol. The van der Waals surface area contributed by atoms with E-state index in [1.54, 1.807) is 28.8 Å². The molecule has 0 saturated carbocycles. The van der Waals surface area contributed by atoms with Crippen LogP contribution in [0.15, 0.2) is 56.4 Å². The molecule has 1 aliphatic heterocycles. The number of carbonyl (C=O) groups excluding carboxylic acids is 1. The van der Waals surface area contributed by atoms with E-state index in [0.717, 1.165) is 29.8 Å². The van der Waals surface area contributed by atoms with Gasteiger partial charge in [-0.3, -0.25) is 14.5 Å². The third-order valence-corrected chi connectivity index (χ3v) is 7.53. The SMILES string of the molecule is O=C(Nc1ccc(S(=O)(=O)NC2=NCCCCC2)cc1)c1csc(-c2ccsc2)n1. The molecule has 7 nitrogen and oxygen atoms in total. The third-order valence-electron chi connectivity index (χ3n) is 4.55. The predicted octanol–water partition coefficient (Wildman–Crippen LogP) is 4.37. The number of amidine groups is 1. The first-order valence-corrected chi connectivity index (χ1v) is 12.8. The summed E-state index contributed by atoms with van der Waals surface area (Å²) in [5.74, 6) is 0.170. The van der Waals surface area contributed by atoms with Gasteiger partial charge in [0.25, 0.3) is 15.9 Å². The van der Waals surface area contributed by atoms with Crippen LogP contribution in [0.3, 0.4) is 0 Å². The van der Waals surface area contributed by atoms with Crippen LogP contribution in [0.5, 0.6) is 0 Å². The molecule has 10 heteroatoms. The lowest BCUT2D eigenvalue weighted by Gasteiger charge is -2.10. The van der Waals surface area contributed by atoms with Crippen molar-refractivity contribution in [3.8, 4) is 10.6 Å². The molecular formula is C20H20N4O3S3. The zero-order valence-corrected chi connectivity index (χ0v) is 18.4. The van der Waals surface area contributed by atoms with Gasteiger partial charge in [-0.1, -0.05) is 6.42 Å². The summed E-state index contributed by atoms with van der Waals surface area (Å²) in [4.78, 5) is 21.3. The number of nitrogens with one attached hydrogen (secondary N) is 2. The number of rotatable bonds is 5. The molecule has 0 bridgehead atoms. The minimum absolute atomic E-state index is 0.126. The molecule has 2 aromatic heterocycles. The summed E-state index contributed by atoms with van der Waals surface area (Å²) in [7, 11) is -3.70. The highest BCUT2D eigenvalue weighted by molar-refractivity contribution is 7.90. The van der Waals surface area contributed by atoms with E-state index < -0.39 is 10.0 Å². The van der Waals surface area contributed by atoms with Crippen molar-refractivity contribution in [2.75, 3.05) is 11.9 Å². The molecule has 1 aliphatic rings. The number of anilines is 1. The van der Waals surface area contributed by atoms with E-state index in [4.69, 9.17) is 0 Å². The predicted molar refractivity (Wildman–Crippen MR) is 121 cm³/mol. The average Bonchev–Trinajstić information content (AvgIpc) is 3.37. The number of amides is 1. The number of sulfonamides is 1. The maximum absolute atomic E-state index is 12.6. The van der Waals surface area contributed by atoms with Crippen molar-refractivity contribution in [2.24, 2.45) is 4.99 Å². The molecule has 3 heterocycles. The van der Waals surface area contributed by atoms with E-state index >= 15 is 0 Å². The van der Waals surface area contributed by atoms with Crippen molar-refractivity contribution in [1.82, 2.24) is 9.71 Å². The molecule has 1 aromatic carbocycles. The fraction of sp³-hybridized carbons (Fsp3) is 0.250. The Morgan fingerprint density at radius 2 is 1.87 bits per heavy atom. The van der Waals surface area contributed by atoms with Gasteiger partial charge in [-0.05, 0) is 48.6 Å². The monoisotopic (exact) mass is 460 g/mol. The lowest BCUT2D eigenvalue weighted by atomic mass is 10.2. The fourth-order valence-electron chi connectivity index (χ4n) is 2.98. The Labute approximate surface area is 183 Å². The van der Waals surface area contributed by atoms with Crippen LogP contribution in [0.4, 0.5) is 5.69 Å². The summed E-state index contributed by atoms with van der Waals surface area (Å²) in [6.45, 7) is 0.646. The summed E-state index contributed by atoms with van der Waals surface area (Å²) < 4.78 is 27.8. The Morgan fingerprint density at radius 3 is 2.63 bits per heavy atom. The number of carbonyl (C=O) groups is 1. The number of nitrogens with zero attached hydrogens (tertiary/aromatic N) is 2. The van der Waals surface area contributed by atoms with Gasteiger partial charge in [0, 0.05) is 35.0 Å². The zero-order valence-electron chi connectivity index (χ0n) is 16.0. The second kappa shape index (κ2) is 9.07. The minimum Gasteiger partial charge on any atom is -0.321 e. The number of hydrogen-bond donors (Lipinski definition) is 2. The number of benzene rings is 1. The first-order valence-electron chi connectivity index (χ1n) is 9.47. The summed E-state index contributed by atoms with van der Waals surface area (Å²) in [5.41, 5.74) is 1.81. The van der Waals surface area contributed by atoms with Crippen molar-refractivity contribution < 1.29 is 13.2 Å². The normalized spacial score (nSPS) is 14.6. The smallest absolute Gasteiger partial charge is 0.275 e. The van der Waals surface area contributed by atoms with Crippen molar-refractivity contribution in [3.05, 3.63) is 52.2 Å². The lowest BCUT2D eigenvalue weighted by molar-refractivity contribution is 0.102. The molecule has 3 aromatic rings. The van der Waals surface area contributed by atoms with E-state index in [0.29, 0.717) is 30.2 Å². The largest absolute Gasteiger partial charge is 0.321 e. The van der Waals surface area contributed by atoms with Crippen molar-refractivity contribution in [3.63, 3.8) is 0 Å². The number of thiazole rings is 1. The molecule has 1 amide bonds. The van der Waals surface area contributed by atoms with Gasteiger partial charge >= 0.3 is 0 Å². The van der Waals surface area contributed by atoms with Crippen LogP contribution in [0.2, 0.25) is 0 Å². The second-order valence-electron chi connectivity index (χ2n) is 6.77. The van der Waals surface area contributed by atoms with Crippen LogP contribution in [0.1, 0.15) is 36.2 Å². The Hall–Kier alpha value is -2.56. The van der Waals surface area contributed by atoms with Gasteiger partial charge in [0.05, 0.1) is 4.90 Å². The summed E-state index contributed by atoms with van der Waals surface area (Å²) in [6.07, 6.45) is 3.59. The fourth-order valence-corrected chi connectivity index (χ4v) is 5.58. The quantitative estimate of drug-likeness (QED) is 0.590. The highest BCUT2D eigenvalue weighted by atomic mass is 32.2. The zero-order chi connectivity index (χ0) is 21.0. The van der Waals surface area contributed by atoms with Gasteiger partial charge in [-0.15, -0.1) is 11.3 Å². The topological polar surface area (TPSA) is 101 Å². The van der Waals surface area contributed by atoms with Crippen LogP contribution < -0.4 is 10.0 Å². The standard InChI is InChI=1S/C20H20N4O3S3/c25-19(17-13-29-20(23-17)14-9-11-28-12-14)22-15-5-7-16(8-6-15)30(26,27)24-18-4-2-1-3-10-21-18/h5-9,11-13H,1-4,10H2,(H,21,24)(H,22,25). The lowest BCUT2D eigenvalue weighted by Crippen LogP contribution is -2.30. The Morgan fingerprint density at radius 1 is 1.03 bits per heavy atom. The van der Waals surface area contributed by atoms with Gasteiger partial charge in [-0.25, -0.2) is 13.4 Å². The molecule has 30 heavy (non-hydrogen) atoms. The van der Waals surface area contributed by atoms with E-state index in [-0.39, 0.29) is 10.8 Å². The number of thiophene rings is 1. The van der Waals surface area contributed by atoms with Crippen LogP contribution in [0.25, 0.3) is 10.6 Å². The summed E-state index contributed by atoms with van der Waals surface area (Å²) in [5, 5.41) is 9.19. The van der Waals surface area contributed by atoms with Crippen LogP contribution in [-0.2, 0) is 10.0 Å². The van der Waals surface area contributed by atoms with Gasteiger partial charge in [-0.2, -0.15) is 11.3 Å². The minimum atomic E-state index is -3.70. The van der Waals surface area contributed by atoms with E-state index in [9.17, 15) is 13.2 Å². The average molecular weight is 461 g/mol. The second-order valence-corrected chi connectivity index (χ2v) is 10.1. The van der Waals surface area contributed by atoms with Gasteiger partial charge in [0.15, 0.2) is 0 Å².